The topological polar surface area (TPSA) is 116 Å². The number of hydrogen-bond acceptors (Lipinski definition) is 7. The van der Waals surface area contributed by atoms with Crippen LogP contribution >= 0.6 is 0 Å². The van der Waals surface area contributed by atoms with Crippen molar-refractivity contribution in [2.24, 2.45) is 0 Å². The van der Waals surface area contributed by atoms with Gasteiger partial charge in [-0.3, -0.25) is 23.5 Å². The standard InChI is InChI=1S/C21H17FN2O2.C21H15FN2O2.C4H8O.B.Na.H/c2*22-16-3-1-2-14(12-16)4-5-15-6-8-18-19(13-15)23-20-9-7-17(25)10-11-24(20)21(18)26;1-2-4-5-3-1;;;/h1-3,6,8,12-13,17,25H,7,9-11H2;1-3,6,8,12-13H,7,9-11H2;1-4H2;;;/q;;;;+1;-1. The van der Waals surface area contributed by atoms with Crippen molar-refractivity contribution < 1.29 is 54.4 Å². The van der Waals surface area contributed by atoms with Gasteiger partial charge in [-0.2, -0.15) is 0 Å². The molecule has 1 saturated heterocycles. The first-order valence-corrected chi connectivity index (χ1v) is 19.1. The molecule has 0 amide bonds. The zero-order valence-corrected chi connectivity index (χ0v) is 34.8. The molecule has 0 aliphatic carbocycles. The maximum Gasteiger partial charge on any atom is 1.00 e. The van der Waals surface area contributed by atoms with Gasteiger partial charge in [0.25, 0.3) is 11.1 Å². The van der Waals surface area contributed by atoms with Crippen LogP contribution in [0.5, 0.6) is 0 Å². The summed E-state index contributed by atoms with van der Waals surface area (Å²) in [4.78, 5) is 46.3. The van der Waals surface area contributed by atoms with E-state index in [9.17, 15) is 28.3 Å². The molecule has 2 aromatic heterocycles. The molecule has 1 atom stereocenters. The fourth-order valence-corrected chi connectivity index (χ4v) is 6.79. The van der Waals surface area contributed by atoms with Gasteiger partial charge in [-0.1, -0.05) is 35.8 Å². The summed E-state index contributed by atoms with van der Waals surface area (Å²) in [5, 5.41) is 10.9. The number of ketones is 1. The van der Waals surface area contributed by atoms with Crippen molar-refractivity contribution in [2.45, 2.75) is 70.6 Å². The first-order chi connectivity index (χ1) is 27.7. The Morgan fingerprint density at radius 3 is 1.61 bits per heavy atom. The van der Waals surface area contributed by atoms with E-state index in [4.69, 9.17) is 4.74 Å². The zero-order valence-electron chi connectivity index (χ0n) is 33.8. The van der Waals surface area contributed by atoms with E-state index in [-0.39, 0.29) is 67.9 Å². The maximum atomic E-state index is 13.2. The van der Waals surface area contributed by atoms with Gasteiger partial charge in [-0.15, -0.1) is 0 Å². The first kappa shape index (κ1) is 44.9. The van der Waals surface area contributed by atoms with E-state index < -0.39 is 6.10 Å². The molecular weight excluding hydrogens is 760 g/mol. The number of rotatable bonds is 0. The molecule has 13 heteroatoms. The smallest absolute Gasteiger partial charge is 1.00 e. The van der Waals surface area contributed by atoms with Crippen molar-refractivity contribution in [1.29, 1.82) is 0 Å². The Balaban J connectivity index is 0.000000226. The number of nitrogens with zero attached hydrogens (tertiary/aromatic N) is 4. The normalized spacial score (nSPS) is 15.3. The minimum atomic E-state index is -0.396. The van der Waals surface area contributed by atoms with Crippen molar-refractivity contribution in [2.75, 3.05) is 13.2 Å². The minimum Gasteiger partial charge on any atom is -1.00 e. The van der Waals surface area contributed by atoms with Crippen LogP contribution in [-0.4, -0.2) is 57.7 Å². The van der Waals surface area contributed by atoms with E-state index in [2.05, 4.69) is 33.6 Å². The van der Waals surface area contributed by atoms with Gasteiger partial charge < -0.3 is 11.3 Å². The fraction of sp³-hybridized carbons (Fsp3) is 0.283. The van der Waals surface area contributed by atoms with Crippen LogP contribution in [0.3, 0.4) is 0 Å². The SMILES string of the molecule is C1CCOC1.O=C1CCc2nc3cc(C#Cc4cccc(F)c4)ccc3c(=O)n2CC1.O=c1c2ccc(C#Cc3cccc(F)c3)cc2nc2n1CCC(O)CC2.[B].[H-].[Na+]. The Hall–Kier alpha value is -5.21. The van der Waals surface area contributed by atoms with Crippen molar-refractivity contribution >= 4 is 36.0 Å². The van der Waals surface area contributed by atoms with Crippen LogP contribution in [0.2, 0.25) is 0 Å². The molecular formula is C46H41BF2N4NaO5. The van der Waals surface area contributed by atoms with E-state index in [1.807, 2.05) is 0 Å². The average molecular weight is 802 g/mol. The van der Waals surface area contributed by atoms with Crippen LogP contribution < -0.4 is 40.7 Å². The van der Waals surface area contributed by atoms with Crippen LogP contribution in [-0.2, 0) is 35.5 Å². The van der Waals surface area contributed by atoms with Gasteiger partial charge >= 0.3 is 29.6 Å². The first-order valence-electron chi connectivity index (χ1n) is 19.1. The number of hydrogen-bond donors (Lipinski definition) is 1. The molecule has 5 heterocycles. The molecule has 59 heavy (non-hydrogen) atoms. The molecule has 1 unspecified atom stereocenters. The van der Waals surface area contributed by atoms with Gasteiger partial charge in [-0.05, 0) is 98.5 Å². The van der Waals surface area contributed by atoms with E-state index >= 15 is 0 Å². The van der Waals surface area contributed by atoms with Gasteiger partial charge in [0.05, 0.1) is 27.9 Å². The van der Waals surface area contributed by atoms with Gasteiger partial charge in [0.1, 0.15) is 29.1 Å². The molecule has 3 aliphatic rings. The van der Waals surface area contributed by atoms with Crippen LogP contribution in [0, 0.1) is 35.3 Å². The van der Waals surface area contributed by atoms with E-state index in [0.29, 0.717) is 107 Å². The Morgan fingerprint density at radius 1 is 0.627 bits per heavy atom. The third-order valence-corrected chi connectivity index (χ3v) is 9.88. The molecule has 1 fully saturated rings. The maximum absolute atomic E-state index is 13.2. The van der Waals surface area contributed by atoms with E-state index in [1.54, 1.807) is 69.8 Å². The molecule has 3 radical (unpaired) electrons. The monoisotopic (exact) mass is 801 g/mol. The quantitative estimate of drug-likeness (QED) is 0.186. The predicted molar refractivity (Wildman–Crippen MR) is 221 cm³/mol. The zero-order chi connectivity index (χ0) is 39.7. The van der Waals surface area contributed by atoms with Gasteiger partial charge in [0.15, 0.2) is 0 Å². The predicted octanol–water partition coefficient (Wildman–Crippen LogP) is 3.01. The number of aryl methyl sites for hydroxylation is 2. The third-order valence-electron chi connectivity index (χ3n) is 9.88. The minimum absolute atomic E-state index is 0. The van der Waals surface area contributed by atoms with Gasteiger partial charge in [0.2, 0.25) is 0 Å². The Morgan fingerprint density at radius 2 is 1.12 bits per heavy atom. The largest absolute Gasteiger partial charge is 1.00 e. The number of Topliss-reactive ketones (excluding diaryl/α,β-unsaturated/α-hetero) is 1. The Labute approximate surface area is 366 Å². The van der Waals surface area contributed by atoms with Crippen molar-refractivity contribution in [3.8, 4) is 23.7 Å². The summed E-state index contributed by atoms with van der Waals surface area (Å²) >= 11 is 0. The van der Waals surface area contributed by atoms with Gasteiger partial charge in [-0.25, -0.2) is 18.7 Å². The molecule has 6 aromatic rings. The number of carbonyl (C=O) groups is 1. The summed E-state index contributed by atoms with van der Waals surface area (Å²) in [7, 11) is 0. The second kappa shape index (κ2) is 21.2. The molecule has 4 aromatic carbocycles. The van der Waals surface area contributed by atoms with Crippen molar-refractivity contribution in [3.05, 3.63) is 151 Å². The number of aliphatic hydroxyl groups is 1. The van der Waals surface area contributed by atoms with Crippen LogP contribution in [0.4, 0.5) is 8.78 Å². The molecule has 293 valence electrons. The molecule has 9 rings (SSSR count). The second-order valence-electron chi connectivity index (χ2n) is 14.0. The van der Waals surface area contributed by atoms with E-state index in [0.717, 1.165) is 13.2 Å². The molecule has 0 bridgehead atoms. The average Bonchev–Trinajstić information content (AvgIpc) is 3.68. The summed E-state index contributed by atoms with van der Waals surface area (Å²) in [6.07, 6.45) is 5.17. The van der Waals surface area contributed by atoms with Crippen LogP contribution in [0.1, 0.15) is 73.9 Å². The Kier molecular flexibility index (Phi) is 16.1. The molecule has 0 spiro atoms. The molecule has 9 nitrogen and oxygen atoms in total. The third kappa shape index (κ3) is 11.7. The van der Waals surface area contributed by atoms with E-state index in [1.165, 1.54) is 37.1 Å². The summed E-state index contributed by atoms with van der Waals surface area (Å²) in [6, 6.07) is 22.7. The summed E-state index contributed by atoms with van der Waals surface area (Å²) in [5.74, 6) is 12.7. The number of halogens is 2. The molecule has 0 saturated carbocycles. The fourth-order valence-electron chi connectivity index (χ4n) is 6.79. The number of carbonyl (C=O) groups excluding carboxylic acids is 1. The number of benzene rings is 4. The van der Waals surface area contributed by atoms with Crippen molar-refractivity contribution in [1.82, 2.24) is 19.1 Å². The van der Waals surface area contributed by atoms with Gasteiger partial charge in [0, 0.05) is 82.7 Å². The van der Waals surface area contributed by atoms with Crippen molar-refractivity contribution in [3.63, 3.8) is 0 Å². The summed E-state index contributed by atoms with van der Waals surface area (Å²) in [5.41, 5.74) is 3.56. The van der Waals surface area contributed by atoms with Crippen LogP contribution in [0.15, 0.2) is 94.5 Å². The second-order valence-corrected chi connectivity index (χ2v) is 14.0. The number of aliphatic hydroxyl groups excluding tert-OH is 1. The Bertz CT molecular complexity index is 2730. The number of aromatic nitrogens is 4. The molecule has 3 aliphatic heterocycles. The summed E-state index contributed by atoms with van der Waals surface area (Å²) in [6.45, 7) is 2.87. The molecule has 1 N–H and O–H groups in total. The number of ether oxygens (including phenoxy) is 1. The number of fused-ring (bicyclic) bond motifs is 4. The summed E-state index contributed by atoms with van der Waals surface area (Å²) < 4.78 is 34.7. The van der Waals surface area contributed by atoms with Crippen LogP contribution in [0.25, 0.3) is 21.8 Å².